The normalized spacial score (nSPS) is 10.7. The van der Waals surface area contributed by atoms with Crippen LogP contribution in [0, 0.1) is 0 Å². The second-order valence-corrected chi connectivity index (χ2v) is 4.97. The molecule has 0 spiro atoms. The van der Waals surface area contributed by atoms with Crippen LogP contribution in [-0.4, -0.2) is 16.7 Å². The molecule has 0 aliphatic heterocycles. The molecule has 0 saturated carbocycles. The van der Waals surface area contributed by atoms with Crippen LogP contribution in [0.3, 0.4) is 0 Å². The number of ether oxygens (including phenoxy) is 2. The molecule has 0 atom stereocenters. The van der Waals surface area contributed by atoms with Crippen molar-refractivity contribution in [1.82, 2.24) is 9.55 Å². The number of halogens is 2. The molecule has 20 heavy (non-hydrogen) atoms. The monoisotopic (exact) mass is 315 g/mol. The fourth-order valence-electron chi connectivity index (χ4n) is 1.78. The minimum Gasteiger partial charge on any atom is -0.493 e. The first kappa shape index (κ1) is 15.0. The summed E-state index contributed by atoms with van der Waals surface area (Å²) in [5.74, 6) is 1.81. The zero-order chi connectivity index (χ0) is 14.7. The molecule has 2 rings (SSSR count). The lowest BCUT2D eigenvalue weighted by Gasteiger charge is -2.15. The number of nitrogens with zero attached hydrogens (tertiary/aromatic N) is 2. The molecule has 5 nitrogen and oxygen atoms in total. The summed E-state index contributed by atoms with van der Waals surface area (Å²) in [6.45, 7) is 0.557. The van der Waals surface area contributed by atoms with E-state index in [9.17, 15) is 0 Å². The first-order valence-corrected chi connectivity index (χ1v) is 6.67. The van der Waals surface area contributed by atoms with Crippen LogP contribution in [0.1, 0.15) is 11.4 Å². The Kier molecular flexibility index (Phi) is 4.75. The van der Waals surface area contributed by atoms with E-state index in [1.807, 2.05) is 7.05 Å². The third-order valence-corrected chi connectivity index (χ3v) is 3.48. The molecule has 1 heterocycles. The zero-order valence-corrected chi connectivity index (χ0v) is 12.7. The van der Waals surface area contributed by atoms with Crippen LogP contribution in [0.15, 0.2) is 18.3 Å². The molecule has 0 aliphatic carbocycles. The first-order valence-electron chi connectivity index (χ1n) is 5.92. The van der Waals surface area contributed by atoms with E-state index in [0.29, 0.717) is 34.0 Å². The Labute approximate surface area is 127 Å². The van der Waals surface area contributed by atoms with Crippen molar-refractivity contribution in [1.29, 1.82) is 0 Å². The van der Waals surface area contributed by atoms with E-state index in [2.05, 4.69) is 4.98 Å². The number of nitrogens with two attached hydrogens (primary N) is 1. The van der Waals surface area contributed by atoms with E-state index in [1.165, 1.54) is 0 Å². The van der Waals surface area contributed by atoms with Crippen LogP contribution < -0.4 is 15.2 Å². The molecule has 108 valence electrons. The Bertz CT molecular complexity index is 589. The third-order valence-electron chi connectivity index (χ3n) is 2.91. The standard InChI is InChI=1S/C13H15Cl2N3O2/c1-18-11(15)6-17-12(18)7-20-13-8(5-16)3-9(14)4-10(13)19-2/h3-4,6H,5,7,16H2,1-2H3. The van der Waals surface area contributed by atoms with Gasteiger partial charge in [0.2, 0.25) is 0 Å². The topological polar surface area (TPSA) is 62.3 Å². The second-order valence-electron chi connectivity index (χ2n) is 4.15. The molecule has 2 N–H and O–H groups in total. The summed E-state index contributed by atoms with van der Waals surface area (Å²) in [4.78, 5) is 4.17. The lowest BCUT2D eigenvalue weighted by molar-refractivity contribution is 0.270. The van der Waals surface area contributed by atoms with E-state index in [0.717, 1.165) is 5.56 Å². The predicted molar refractivity (Wildman–Crippen MR) is 78.4 cm³/mol. The van der Waals surface area contributed by atoms with Gasteiger partial charge in [-0.1, -0.05) is 23.2 Å². The molecule has 0 bridgehead atoms. The van der Waals surface area contributed by atoms with Crippen molar-refractivity contribution >= 4 is 23.2 Å². The summed E-state index contributed by atoms with van der Waals surface area (Å²) in [5.41, 5.74) is 6.48. The summed E-state index contributed by atoms with van der Waals surface area (Å²) < 4.78 is 12.8. The molecule has 7 heteroatoms. The summed E-state index contributed by atoms with van der Waals surface area (Å²) >= 11 is 11.9. The van der Waals surface area contributed by atoms with Crippen molar-refractivity contribution in [2.24, 2.45) is 12.8 Å². The lowest BCUT2D eigenvalue weighted by Crippen LogP contribution is -2.08. The summed E-state index contributed by atoms with van der Waals surface area (Å²) in [6.07, 6.45) is 1.57. The van der Waals surface area contributed by atoms with Gasteiger partial charge >= 0.3 is 0 Å². The quantitative estimate of drug-likeness (QED) is 0.921. The third kappa shape index (κ3) is 3.00. The Balaban J connectivity index is 2.26. The molecular formula is C13H15Cl2N3O2. The Morgan fingerprint density at radius 2 is 2.10 bits per heavy atom. The summed E-state index contributed by atoms with van der Waals surface area (Å²) in [6, 6.07) is 3.44. The number of imidazole rings is 1. The highest BCUT2D eigenvalue weighted by molar-refractivity contribution is 6.30. The second kappa shape index (κ2) is 6.35. The van der Waals surface area contributed by atoms with E-state index in [4.69, 9.17) is 38.4 Å². The highest BCUT2D eigenvalue weighted by atomic mass is 35.5. The number of hydrogen-bond acceptors (Lipinski definition) is 4. The molecular weight excluding hydrogens is 301 g/mol. The van der Waals surface area contributed by atoms with Gasteiger partial charge in [-0.25, -0.2) is 4.98 Å². The van der Waals surface area contributed by atoms with Crippen LogP contribution in [-0.2, 0) is 20.2 Å². The van der Waals surface area contributed by atoms with Gasteiger partial charge in [0.1, 0.15) is 17.6 Å². The fourth-order valence-corrected chi connectivity index (χ4v) is 2.16. The molecule has 1 aromatic heterocycles. The Morgan fingerprint density at radius 3 is 2.65 bits per heavy atom. The first-order chi connectivity index (χ1) is 9.56. The number of methoxy groups -OCH3 is 1. The maximum Gasteiger partial charge on any atom is 0.166 e. The van der Waals surface area contributed by atoms with E-state index in [-0.39, 0.29) is 6.61 Å². The van der Waals surface area contributed by atoms with Crippen molar-refractivity contribution in [3.8, 4) is 11.5 Å². The van der Waals surface area contributed by atoms with Crippen LogP contribution in [0.25, 0.3) is 0 Å². The summed E-state index contributed by atoms with van der Waals surface area (Å²) in [7, 11) is 3.37. The van der Waals surface area contributed by atoms with E-state index >= 15 is 0 Å². The Hall–Kier alpha value is -1.43. The minimum absolute atomic E-state index is 0.258. The molecule has 0 unspecified atom stereocenters. The SMILES string of the molecule is COc1cc(Cl)cc(CN)c1OCc1ncc(Cl)n1C. The van der Waals surface area contributed by atoms with Gasteiger partial charge in [-0.2, -0.15) is 0 Å². The molecule has 2 aromatic rings. The molecule has 0 aliphatic rings. The number of rotatable bonds is 5. The van der Waals surface area contributed by atoms with E-state index in [1.54, 1.807) is 30.0 Å². The molecule has 0 radical (unpaired) electrons. The number of benzene rings is 1. The van der Waals surface area contributed by atoms with E-state index < -0.39 is 0 Å². The highest BCUT2D eigenvalue weighted by Crippen LogP contribution is 2.35. The van der Waals surface area contributed by atoms with Gasteiger partial charge in [0.05, 0.1) is 13.3 Å². The predicted octanol–water partition coefficient (Wildman–Crippen LogP) is 2.77. The smallest absolute Gasteiger partial charge is 0.166 e. The molecule has 0 saturated heterocycles. The average Bonchev–Trinajstić information content (AvgIpc) is 2.76. The average molecular weight is 316 g/mol. The van der Waals surface area contributed by atoms with Crippen LogP contribution in [0.4, 0.5) is 0 Å². The van der Waals surface area contributed by atoms with Gasteiger partial charge in [0.25, 0.3) is 0 Å². The van der Waals surface area contributed by atoms with Gasteiger partial charge < -0.3 is 19.8 Å². The van der Waals surface area contributed by atoms with Gasteiger partial charge in [0.15, 0.2) is 11.5 Å². The van der Waals surface area contributed by atoms with Crippen molar-refractivity contribution in [3.05, 3.63) is 39.9 Å². The maximum atomic E-state index is 6.00. The lowest BCUT2D eigenvalue weighted by atomic mass is 10.2. The van der Waals surface area contributed by atoms with Crippen molar-refractivity contribution in [3.63, 3.8) is 0 Å². The van der Waals surface area contributed by atoms with Crippen molar-refractivity contribution in [2.45, 2.75) is 13.2 Å². The number of aromatic nitrogens is 2. The van der Waals surface area contributed by atoms with Crippen molar-refractivity contribution < 1.29 is 9.47 Å². The Morgan fingerprint density at radius 1 is 1.35 bits per heavy atom. The minimum atomic E-state index is 0.258. The van der Waals surface area contributed by atoms with Crippen LogP contribution in [0.5, 0.6) is 11.5 Å². The molecule has 0 fully saturated rings. The maximum absolute atomic E-state index is 6.00. The highest BCUT2D eigenvalue weighted by Gasteiger charge is 2.13. The van der Waals surface area contributed by atoms with Crippen LogP contribution in [0.2, 0.25) is 10.2 Å². The van der Waals surface area contributed by atoms with Gasteiger partial charge in [-0.05, 0) is 6.07 Å². The molecule has 0 amide bonds. The number of hydrogen-bond donors (Lipinski definition) is 1. The van der Waals surface area contributed by atoms with Gasteiger partial charge in [-0.3, -0.25) is 0 Å². The fraction of sp³-hybridized carbons (Fsp3) is 0.308. The van der Waals surface area contributed by atoms with Crippen LogP contribution >= 0.6 is 23.2 Å². The molecule has 1 aromatic carbocycles. The van der Waals surface area contributed by atoms with Crippen molar-refractivity contribution in [2.75, 3.05) is 7.11 Å². The largest absolute Gasteiger partial charge is 0.493 e. The van der Waals surface area contributed by atoms with Gasteiger partial charge in [0, 0.05) is 30.2 Å². The zero-order valence-electron chi connectivity index (χ0n) is 11.2. The van der Waals surface area contributed by atoms with Gasteiger partial charge in [-0.15, -0.1) is 0 Å². The summed E-state index contributed by atoms with van der Waals surface area (Å²) in [5, 5.41) is 1.10.